The van der Waals surface area contributed by atoms with Crippen molar-refractivity contribution >= 4 is 28.9 Å². The van der Waals surface area contributed by atoms with E-state index in [0.29, 0.717) is 16.7 Å². The molecule has 0 aliphatic rings. The Labute approximate surface area is 166 Å². The number of oxime groups is 1. The second-order valence-corrected chi connectivity index (χ2v) is 7.31. The van der Waals surface area contributed by atoms with Crippen LogP contribution in [0.15, 0.2) is 53.7 Å². The normalized spacial score (nSPS) is 11.8. The Hall–Kier alpha value is -1.55. The molecule has 140 valence electrons. The smallest absolute Gasteiger partial charge is 0.118 e. The number of hydrogen-bond donors (Lipinski definition) is 0. The summed E-state index contributed by atoms with van der Waals surface area (Å²) in [5, 5.41) is 5.47. The van der Waals surface area contributed by atoms with Gasteiger partial charge in [-0.05, 0) is 57.5 Å². The second-order valence-electron chi connectivity index (χ2n) is 6.50. The molecule has 0 aliphatic carbocycles. The Balaban J connectivity index is 1.99. The van der Waals surface area contributed by atoms with E-state index in [4.69, 9.17) is 28.0 Å². The molecule has 2 rings (SSSR count). The summed E-state index contributed by atoms with van der Waals surface area (Å²) in [7, 11) is 4.10. The van der Waals surface area contributed by atoms with E-state index in [1.54, 1.807) is 6.07 Å². The first-order valence-electron chi connectivity index (χ1n) is 8.89. The van der Waals surface area contributed by atoms with Crippen molar-refractivity contribution in [3.05, 3.63) is 69.7 Å². The Morgan fingerprint density at radius 3 is 2.46 bits per heavy atom. The lowest BCUT2D eigenvalue weighted by atomic mass is 10.0. The minimum atomic E-state index is 0.535. The van der Waals surface area contributed by atoms with Gasteiger partial charge in [-0.25, -0.2) is 0 Å². The van der Waals surface area contributed by atoms with Crippen molar-refractivity contribution in [2.45, 2.75) is 25.7 Å². The Bertz CT molecular complexity index is 702. The summed E-state index contributed by atoms with van der Waals surface area (Å²) in [4.78, 5) is 7.69. The largest absolute Gasteiger partial charge is 0.396 e. The fourth-order valence-electron chi connectivity index (χ4n) is 2.59. The molecule has 3 nitrogen and oxygen atoms in total. The van der Waals surface area contributed by atoms with Crippen LogP contribution in [0.3, 0.4) is 0 Å². The van der Waals surface area contributed by atoms with E-state index in [1.165, 1.54) is 5.56 Å². The molecule has 0 saturated heterocycles. The van der Waals surface area contributed by atoms with Gasteiger partial charge in [-0.2, -0.15) is 0 Å². The highest BCUT2D eigenvalue weighted by Gasteiger charge is 2.08. The molecule has 0 amide bonds. The third-order valence-corrected chi connectivity index (χ3v) is 4.73. The number of benzene rings is 2. The second kappa shape index (κ2) is 11.2. The third-order valence-electron chi connectivity index (χ3n) is 3.99. The van der Waals surface area contributed by atoms with E-state index in [1.807, 2.05) is 32.3 Å². The molecule has 0 aromatic heterocycles. The molecule has 5 heteroatoms. The van der Waals surface area contributed by atoms with Crippen molar-refractivity contribution in [2.24, 2.45) is 5.16 Å². The summed E-state index contributed by atoms with van der Waals surface area (Å²) >= 11 is 12.2. The van der Waals surface area contributed by atoms with Crippen molar-refractivity contribution < 1.29 is 4.84 Å². The molecule has 0 fully saturated rings. The highest BCUT2D eigenvalue weighted by molar-refractivity contribution is 6.42. The van der Waals surface area contributed by atoms with Crippen molar-refractivity contribution in [2.75, 3.05) is 27.2 Å². The fraction of sp³-hybridized carbons (Fsp3) is 0.381. The summed E-state index contributed by atoms with van der Waals surface area (Å²) in [5.41, 5.74) is 3.19. The van der Waals surface area contributed by atoms with Crippen LogP contribution >= 0.6 is 23.2 Å². The molecule has 0 saturated carbocycles. The number of hydrogen-bond acceptors (Lipinski definition) is 3. The average Bonchev–Trinajstić information content (AvgIpc) is 2.63. The monoisotopic (exact) mass is 392 g/mol. The predicted molar refractivity (Wildman–Crippen MR) is 112 cm³/mol. The Morgan fingerprint density at radius 1 is 1.00 bits per heavy atom. The van der Waals surface area contributed by atoms with Crippen molar-refractivity contribution in [1.82, 2.24) is 4.90 Å². The predicted octanol–water partition coefficient (Wildman–Crippen LogP) is 5.69. The minimum absolute atomic E-state index is 0.535. The topological polar surface area (TPSA) is 24.8 Å². The quantitative estimate of drug-likeness (QED) is 0.294. The molecule has 0 radical (unpaired) electrons. The van der Waals surface area contributed by atoms with Crippen molar-refractivity contribution in [3.63, 3.8) is 0 Å². The van der Waals surface area contributed by atoms with E-state index in [0.717, 1.165) is 43.5 Å². The molecule has 0 unspecified atom stereocenters. The summed E-state index contributed by atoms with van der Waals surface area (Å²) in [6.07, 6.45) is 3.75. The SMILES string of the molecule is CN(C)CCCON=C(CCCc1ccccc1)c1ccc(Cl)c(Cl)c1. The van der Waals surface area contributed by atoms with Gasteiger partial charge in [0.25, 0.3) is 0 Å². The molecule has 0 aliphatic heterocycles. The maximum absolute atomic E-state index is 6.17. The number of nitrogens with zero attached hydrogens (tertiary/aromatic N) is 2. The van der Waals surface area contributed by atoms with Gasteiger partial charge in [0.2, 0.25) is 0 Å². The summed E-state index contributed by atoms with van der Waals surface area (Å²) in [5.74, 6) is 0. The summed E-state index contributed by atoms with van der Waals surface area (Å²) < 4.78 is 0. The van der Waals surface area contributed by atoms with Crippen LogP contribution in [0.2, 0.25) is 10.0 Å². The van der Waals surface area contributed by atoms with Gasteiger partial charge in [0.05, 0.1) is 15.8 Å². The number of aryl methyl sites for hydroxylation is 1. The maximum Gasteiger partial charge on any atom is 0.118 e. The Morgan fingerprint density at radius 2 is 1.77 bits per heavy atom. The molecular formula is C21H26Cl2N2O. The summed E-state index contributed by atoms with van der Waals surface area (Å²) in [6.45, 7) is 1.58. The lowest BCUT2D eigenvalue weighted by Gasteiger charge is -2.10. The molecule has 0 N–H and O–H groups in total. The zero-order valence-corrected chi connectivity index (χ0v) is 16.9. The van der Waals surface area contributed by atoms with Crippen molar-refractivity contribution in [1.29, 1.82) is 0 Å². The van der Waals surface area contributed by atoms with Crippen LogP contribution < -0.4 is 0 Å². The van der Waals surface area contributed by atoms with Crippen LogP contribution in [-0.2, 0) is 11.3 Å². The Kier molecular flexibility index (Phi) is 8.96. The maximum atomic E-state index is 6.17. The first-order chi connectivity index (χ1) is 12.6. The van der Waals surface area contributed by atoms with Gasteiger partial charge < -0.3 is 9.74 Å². The van der Waals surface area contributed by atoms with E-state index in [2.05, 4.69) is 34.3 Å². The molecule has 0 spiro atoms. The number of rotatable bonds is 10. The zero-order valence-electron chi connectivity index (χ0n) is 15.4. The van der Waals surface area contributed by atoms with Crippen LogP contribution in [0.4, 0.5) is 0 Å². The zero-order chi connectivity index (χ0) is 18.8. The van der Waals surface area contributed by atoms with E-state index < -0.39 is 0 Å². The first-order valence-corrected chi connectivity index (χ1v) is 9.65. The van der Waals surface area contributed by atoms with Crippen molar-refractivity contribution in [3.8, 4) is 0 Å². The molecule has 2 aromatic rings. The highest BCUT2D eigenvalue weighted by Crippen LogP contribution is 2.24. The first kappa shape index (κ1) is 20.8. The third kappa shape index (κ3) is 7.36. The summed E-state index contributed by atoms with van der Waals surface area (Å²) in [6, 6.07) is 16.1. The fourth-order valence-corrected chi connectivity index (χ4v) is 2.89. The van der Waals surface area contributed by atoms with E-state index in [-0.39, 0.29) is 0 Å². The van der Waals surface area contributed by atoms with E-state index in [9.17, 15) is 0 Å². The van der Waals surface area contributed by atoms with Gasteiger partial charge in [-0.1, -0.05) is 64.8 Å². The lowest BCUT2D eigenvalue weighted by Crippen LogP contribution is -2.14. The van der Waals surface area contributed by atoms with Crippen LogP contribution in [-0.4, -0.2) is 37.9 Å². The van der Waals surface area contributed by atoms with Gasteiger partial charge in [0.15, 0.2) is 0 Å². The number of halogens is 2. The van der Waals surface area contributed by atoms with Gasteiger partial charge in [0, 0.05) is 12.1 Å². The highest BCUT2D eigenvalue weighted by atomic mass is 35.5. The molecular weight excluding hydrogens is 367 g/mol. The molecule has 26 heavy (non-hydrogen) atoms. The van der Waals surface area contributed by atoms with Gasteiger partial charge in [0.1, 0.15) is 6.61 Å². The van der Waals surface area contributed by atoms with E-state index >= 15 is 0 Å². The average molecular weight is 393 g/mol. The van der Waals surface area contributed by atoms with Crippen LogP contribution in [0, 0.1) is 0 Å². The van der Waals surface area contributed by atoms with Gasteiger partial charge in [-0.15, -0.1) is 0 Å². The molecule has 0 atom stereocenters. The van der Waals surface area contributed by atoms with Crippen LogP contribution in [0.25, 0.3) is 0 Å². The van der Waals surface area contributed by atoms with Crippen LogP contribution in [0.5, 0.6) is 0 Å². The lowest BCUT2D eigenvalue weighted by molar-refractivity contribution is 0.134. The van der Waals surface area contributed by atoms with Crippen LogP contribution in [0.1, 0.15) is 30.4 Å². The van der Waals surface area contributed by atoms with Gasteiger partial charge >= 0.3 is 0 Å². The molecule has 0 bridgehead atoms. The molecule has 0 heterocycles. The minimum Gasteiger partial charge on any atom is -0.396 e. The standard InChI is InChI=1S/C21H26Cl2N2O/c1-25(2)14-7-15-26-24-21(18-12-13-19(22)20(23)16-18)11-6-10-17-8-4-3-5-9-17/h3-5,8-9,12-13,16H,6-7,10-11,14-15H2,1-2H3. The van der Waals surface area contributed by atoms with Gasteiger partial charge in [-0.3, -0.25) is 0 Å². The molecule has 2 aromatic carbocycles.